The number of rotatable bonds is 2. The van der Waals surface area contributed by atoms with Crippen molar-refractivity contribution in [1.29, 1.82) is 0 Å². The van der Waals surface area contributed by atoms with Crippen LogP contribution in [0.4, 0.5) is 0 Å². The first-order valence-corrected chi connectivity index (χ1v) is 7.22. The Morgan fingerprint density at radius 1 is 1.17 bits per heavy atom. The van der Waals surface area contributed by atoms with Crippen molar-refractivity contribution in [3.63, 3.8) is 0 Å². The number of fused-ring (bicyclic) bond motifs is 1. The monoisotopic (exact) mass is 241 g/mol. The van der Waals surface area contributed by atoms with Crippen molar-refractivity contribution in [3.8, 4) is 0 Å². The molecule has 0 radical (unpaired) electrons. The molecule has 1 aromatic carbocycles. The van der Waals surface area contributed by atoms with E-state index >= 15 is 0 Å². The van der Waals surface area contributed by atoms with Crippen LogP contribution >= 0.6 is 0 Å². The van der Waals surface area contributed by atoms with Crippen molar-refractivity contribution in [2.24, 2.45) is 0 Å². The molecule has 0 amide bonds. The lowest BCUT2D eigenvalue weighted by atomic mass is 9.83. The van der Waals surface area contributed by atoms with Gasteiger partial charge in [0.15, 0.2) is 0 Å². The maximum Gasteiger partial charge on any atom is 0.0133 e. The average Bonchev–Trinajstić information content (AvgIpc) is 2.91. The summed E-state index contributed by atoms with van der Waals surface area (Å²) < 4.78 is 0. The van der Waals surface area contributed by atoms with E-state index in [4.69, 9.17) is 0 Å². The van der Waals surface area contributed by atoms with Crippen molar-refractivity contribution < 1.29 is 0 Å². The van der Waals surface area contributed by atoms with E-state index in [0.717, 1.165) is 6.04 Å². The summed E-state index contributed by atoms with van der Waals surface area (Å²) in [6.07, 6.45) is 10.1. The molecule has 2 aliphatic carbocycles. The van der Waals surface area contributed by atoms with Crippen LogP contribution in [0.15, 0.2) is 24.3 Å². The molecule has 3 rings (SSSR count). The van der Waals surface area contributed by atoms with Gasteiger partial charge in [-0.05, 0) is 74.9 Å². The van der Waals surface area contributed by atoms with Gasteiger partial charge in [0, 0.05) is 6.04 Å². The molecule has 1 aromatic rings. The van der Waals surface area contributed by atoms with Crippen molar-refractivity contribution >= 4 is 5.57 Å². The summed E-state index contributed by atoms with van der Waals surface area (Å²) in [6, 6.07) is 7.65. The molecule has 0 fully saturated rings. The fourth-order valence-corrected chi connectivity index (χ4v) is 3.43. The second-order valence-electron chi connectivity index (χ2n) is 5.93. The minimum atomic E-state index is 0.723. The number of aryl methyl sites for hydroxylation is 1. The molecule has 1 nitrogen and oxygen atoms in total. The van der Waals surface area contributed by atoms with Crippen LogP contribution in [0.1, 0.15) is 42.4 Å². The molecule has 2 aliphatic rings. The number of likely N-dealkylation sites (N-methyl/N-ethyl adjacent to an activating group) is 1. The van der Waals surface area contributed by atoms with Gasteiger partial charge < -0.3 is 4.90 Å². The summed E-state index contributed by atoms with van der Waals surface area (Å²) in [5, 5.41) is 0. The molecule has 0 aliphatic heterocycles. The first-order valence-electron chi connectivity index (χ1n) is 7.22. The van der Waals surface area contributed by atoms with E-state index in [-0.39, 0.29) is 0 Å². The predicted octanol–water partition coefficient (Wildman–Crippen LogP) is 3.67. The molecule has 0 saturated heterocycles. The largest absolute Gasteiger partial charge is 0.306 e. The van der Waals surface area contributed by atoms with Crippen LogP contribution in [0.25, 0.3) is 5.57 Å². The molecule has 0 saturated carbocycles. The third kappa shape index (κ3) is 2.12. The lowest BCUT2D eigenvalue weighted by Gasteiger charge is -2.31. The number of hydrogen-bond acceptors (Lipinski definition) is 1. The van der Waals surface area contributed by atoms with Crippen molar-refractivity contribution in [2.75, 3.05) is 14.1 Å². The van der Waals surface area contributed by atoms with Gasteiger partial charge in [0.1, 0.15) is 0 Å². The van der Waals surface area contributed by atoms with E-state index in [1.165, 1.54) is 38.5 Å². The minimum absolute atomic E-state index is 0.723. The Labute approximate surface area is 111 Å². The Hall–Kier alpha value is -1.08. The van der Waals surface area contributed by atoms with Gasteiger partial charge in [0.05, 0.1) is 0 Å². The van der Waals surface area contributed by atoms with Gasteiger partial charge in [-0.25, -0.2) is 0 Å². The third-order valence-electron chi connectivity index (χ3n) is 4.58. The van der Waals surface area contributed by atoms with E-state index < -0.39 is 0 Å². The SMILES string of the molecule is CN(C)C1CCc2cccc(C3=CCCC3)c2C1. The highest BCUT2D eigenvalue weighted by molar-refractivity contribution is 5.71. The summed E-state index contributed by atoms with van der Waals surface area (Å²) in [7, 11) is 4.43. The van der Waals surface area contributed by atoms with Gasteiger partial charge in [-0.2, -0.15) is 0 Å². The van der Waals surface area contributed by atoms with Crippen LogP contribution in [0.5, 0.6) is 0 Å². The lowest BCUT2D eigenvalue weighted by molar-refractivity contribution is 0.268. The first kappa shape index (κ1) is 12.0. The highest BCUT2D eigenvalue weighted by Gasteiger charge is 2.23. The molecule has 0 aromatic heterocycles. The van der Waals surface area contributed by atoms with Crippen molar-refractivity contribution in [2.45, 2.75) is 44.6 Å². The molecule has 18 heavy (non-hydrogen) atoms. The minimum Gasteiger partial charge on any atom is -0.306 e. The smallest absolute Gasteiger partial charge is 0.0133 e. The van der Waals surface area contributed by atoms with Crippen LogP contribution in [-0.4, -0.2) is 25.0 Å². The van der Waals surface area contributed by atoms with Gasteiger partial charge in [-0.1, -0.05) is 24.3 Å². The van der Waals surface area contributed by atoms with E-state index in [9.17, 15) is 0 Å². The fourth-order valence-electron chi connectivity index (χ4n) is 3.43. The maximum absolute atomic E-state index is 2.45. The van der Waals surface area contributed by atoms with Gasteiger partial charge >= 0.3 is 0 Å². The number of hydrogen-bond donors (Lipinski definition) is 0. The van der Waals surface area contributed by atoms with Crippen molar-refractivity contribution in [3.05, 3.63) is 41.0 Å². The highest BCUT2D eigenvalue weighted by Crippen LogP contribution is 2.34. The molecule has 1 atom stereocenters. The topological polar surface area (TPSA) is 3.24 Å². The van der Waals surface area contributed by atoms with E-state index in [1.54, 1.807) is 22.3 Å². The number of nitrogens with zero attached hydrogens (tertiary/aromatic N) is 1. The zero-order valence-corrected chi connectivity index (χ0v) is 11.6. The molecule has 1 unspecified atom stereocenters. The van der Waals surface area contributed by atoms with Gasteiger partial charge in [-0.3, -0.25) is 0 Å². The molecular formula is C17H23N. The summed E-state index contributed by atoms with van der Waals surface area (Å²) in [4.78, 5) is 2.39. The average molecular weight is 241 g/mol. The molecule has 0 bridgehead atoms. The summed E-state index contributed by atoms with van der Waals surface area (Å²) in [5.74, 6) is 0. The van der Waals surface area contributed by atoms with E-state index in [0.29, 0.717) is 0 Å². The molecular weight excluding hydrogens is 218 g/mol. The molecule has 96 valence electrons. The predicted molar refractivity (Wildman–Crippen MR) is 77.8 cm³/mol. The van der Waals surface area contributed by atoms with Crippen LogP contribution in [-0.2, 0) is 12.8 Å². The zero-order chi connectivity index (χ0) is 12.5. The highest BCUT2D eigenvalue weighted by atomic mass is 15.1. The number of benzene rings is 1. The second kappa shape index (κ2) is 4.89. The van der Waals surface area contributed by atoms with Gasteiger partial charge in [0.25, 0.3) is 0 Å². The number of allylic oxidation sites excluding steroid dienone is 2. The Bertz CT molecular complexity index is 470. The van der Waals surface area contributed by atoms with Crippen molar-refractivity contribution in [1.82, 2.24) is 4.90 Å². The molecule has 0 N–H and O–H groups in total. The Morgan fingerprint density at radius 3 is 2.78 bits per heavy atom. The van der Waals surface area contributed by atoms with Gasteiger partial charge in [0.2, 0.25) is 0 Å². The van der Waals surface area contributed by atoms with E-state index in [2.05, 4.69) is 43.3 Å². The first-order chi connectivity index (χ1) is 8.75. The summed E-state index contributed by atoms with van der Waals surface area (Å²) in [5.41, 5.74) is 6.39. The van der Waals surface area contributed by atoms with Crippen LogP contribution in [0.3, 0.4) is 0 Å². The Kier molecular flexibility index (Phi) is 3.25. The van der Waals surface area contributed by atoms with Crippen LogP contribution in [0, 0.1) is 0 Å². The standard InChI is InChI=1S/C17H23N/c1-18(2)15-11-10-14-8-5-9-16(17(14)12-15)13-6-3-4-7-13/h5-6,8-9,15H,3-4,7,10-12H2,1-2H3. The third-order valence-corrected chi connectivity index (χ3v) is 4.58. The van der Waals surface area contributed by atoms with Crippen LogP contribution in [0.2, 0.25) is 0 Å². The summed E-state index contributed by atoms with van der Waals surface area (Å²) >= 11 is 0. The Morgan fingerprint density at radius 2 is 2.06 bits per heavy atom. The normalized spacial score (nSPS) is 23.1. The Balaban J connectivity index is 1.97. The van der Waals surface area contributed by atoms with Crippen LogP contribution < -0.4 is 0 Å². The van der Waals surface area contributed by atoms with Gasteiger partial charge in [-0.15, -0.1) is 0 Å². The molecule has 1 heteroatoms. The van der Waals surface area contributed by atoms with E-state index in [1.807, 2.05) is 0 Å². The zero-order valence-electron chi connectivity index (χ0n) is 11.6. The maximum atomic E-state index is 2.45. The quantitative estimate of drug-likeness (QED) is 0.763. The summed E-state index contributed by atoms with van der Waals surface area (Å²) in [6.45, 7) is 0. The molecule has 0 heterocycles. The lowest BCUT2D eigenvalue weighted by Crippen LogP contribution is -2.33. The molecule has 0 spiro atoms. The fraction of sp³-hybridized carbons (Fsp3) is 0.529. The second-order valence-corrected chi connectivity index (χ2v) is 5.93.